The lowest BCUT2D eigenvalue weighted by molar-refractivity contribution is -0.215. The molecule has 1 saturated heterocycles. The van der Waals surface area contributed by atoms with E-state index >= 15 is 0 Å². The summed E-state index contributed by atoms with van der Waals surface area (Å²) in [6, 6.07) is 0. The lowest BCUT2D eigenvalue weighted by Crippen LogP contribution is -2.64. The molecule has 0 aromatic carbocycles. The van der Waals surface area contributed by atoms with Crippen LogP contribution >= 0.6 is 0 Å². The number of hydrogen-bond donors (Lipinski definition) is 3. The molecule has 2 fully saturated rings. The molecule has 10 atom stereocenters. The highest BCUT2D eigenvalue weighted by Crippen LogP contribution is 2.57. The maximum atomic E-state index is 13.0. The van der Waals surface area contributed by atoms with Gasteiger partial charge in [0.25, 0.3) is 0 Å². The van der Waals surface area contributed by atoms with E-state index in [-0.39, 0.29) is 5.57 Å². The zero-order chi connectivity index (χ0) is 31.2. The van der Waals surface area contributed by atoms with E-state index in [0.717, 1.165) is 6.92 Å². The summed E-state index contributed by atoms with van der Waals surface area (Å²) in [5, 5.41) is 34.4. The fraction of sp³-hybridized carbons (Fsp3) is 0.724. The van der Waals surface area contributed by atoms with Gasteiger partial charge in [0, 0.05) is 20.3 Å². The van der Waals surface area contributed by atoms with Crippen molar-refractivity contribution in [2.45, 2.75) is 123 Å². The summed E-state index contributed by atoms with van der Waals surface area (Å²) in [6.45, 7) is 13.2. The normalized spacial score (nSPS) is 38.3. The van der Waals surface area contributed by atoms with Crippen molar-refractivity contribution in [1.29, 1.82) is 0 Å². The Bertz CT molecular complexity index is 1150. The van der Waals surface area contributed by atoms with Gasteiger partial charge in [-0.05, 0) is 57.8 Å². The average molecular weight is 583 g/mol. The van der Waals surface area contributed by atoms with Gasteiger partial charge in [0.1, 0.15) is 23.9 Å². The van der Waals surface area contributed by atoms with Crippen molar-refractivity contribution in [2.24, 2.45) is 11.8 Å². The number of aliphatic hydroxyl groups excluding tert-OH is 1. The van der Waals surface area contributed by atoms with Crippen LogP contribution in [-0.4, -0.2) is 86.7 Å². The Kier molecular flexibility index (Phi) is 9.15. The van der Waals surface area contributed by atoms with Gasteiger partial charge in [0.2, 0.25) is 0 Å². The summed E-state index contributed by atoms with van der Waals surface area (Å²) >= 11 is 0. The Hall–Kier alpha value is -2.80. The molecule has 12 heteroatoms. The third-order valence-corrected chi connectivity index (χ3v) is 8.74. The van der Waals surface area contributed by atoms with Crippen LogP contribution in [0.1, 0.15) is 75.2 Å². The number of aliphatic hydroxyl groups is 3. The van der Waals surface area contributed by atoms with Crippen LogP contribution in [0.2, 0.25) is 0 Å². The number of carbonyl (C=O) groups is 4. The number of ether oxygens (including phenoxy) is 5. The van der Waals surface area contributed by atoms with E-state index in [1.165, 1.54) is 20.8 Å². The maximum Gasteiger partial charge on any atom is 0.341 e. The molecule has 0 spiro atoms. The molecule has 41 heavy (non-hydrogen) atoms. The fourth-order valence-electron chi connectivity index (χ4n) is 6.10. The highest BCUT2D eigenvalue weighted by molar-refractivity contribution is 5.85. The molecule has 230 valence electrons. The minimum atomic E-state index is -2.56. The van der Waals surface area contributed by atoms with E-state index in [4.69, 9.17) is 23.7 Å². The van der Waals surface area contributed by atoms with Crippen molar-refractivity contribution < 1.29 is 58.2 Å². The van der Waals surface area contributed by atoms with Crippen LogP contribution in [0.5, 0.6) is 0 Å². The second kappa shape index (κ2) is 11.5. The molecule has 1 heterocycles. The van der Waals surface area contributed by atoms with Crippen LogP contribution in [0.4, 0.5) is 0 Å². The first-order chi connectivity index (χ1) is 18.9. The van der Waals surface area contributed by atoms with E-state index in [0.29, 0.717) is 17.6 Å². The molecule has 12 nitrogen and oxygen atoms in total. The molecule has 1 saturated carbocycles. The zero-order valence-electron chi connectivity index (χ0n) is 25.0. The number of hydrogen-bond acceptors (Lipinski definition) is 12. The summed E-state index contributed by atoms with van der Waals surface area (Å²) in [5.41, 5.74) is -5.83. The van der Waals surface area contributed by atoms with Crippen LogP contribution in [-0.2, 0) is 42.9 Å². The summed E-state index contributed by atoms with van der Waals surface area (Å²) in [4.78, 5) is 50.9. The van der Waals surface area contributed by atoms with E-state index in [1.807, 2.05) is 0 Å². The van der Waals surface area contributed by atoms with Gasteiger partial charge < -0.3 is 39.0 Å². The molecular weight excluding hydrogens is 540 g/mol. The molecule has 3 N–H and O–H groups in total. The largest absolute Gasteiger partial charge is 0.459 e. The Morgan fingerprint density at radius 2 is 1.73 bits per heavy atom. The van der Waals surface area contributed by atoms with Crippen LogP contribution in [0.3, 0.4) is 0 Å². The molecule has 0 aromatic rings. The predicted molar refractivity (Wildman–Crippen MR) is 142 cm³/mol. The number of allylic oxidation sites excluding steroid dienone is 1. The molecular formula is C29H42O12. The number of esters is 4. The van der Waals surface area contributed by atoms with Crippen LogP contribution < -0.4 is 0 Å². The van der Waals surface area contributed by atoms with Crippen molar-refractivity contribution in [3.05, 3.63) is 22.8 Å². The summed E-state index contributed by atoms with van der Waals surface area (Å²) in [5.74, 6) is -5.01. The van der Waals surface area contributed by atoms with E-state index in [9.17, 15) is 34.5 Å². The van der Waals surface area contributed by atoms with E-state index in [1.54, 1.807) is 40.7 Å². The van der Waals surface area contributed by atoms with Gasteiger partial charge in [-0.1, -0.05) is 19.9 Å². The second-order valence-corrected chi connectivity index (χ2v) is 11.7. The van der Waals surface area contributed by atoms with Crippen LogP contribution in [0, 0.1) is 11.8 Å². The molecule has 2 aliphatic carbocycles. The third-order valence-electron chi connectivity index (χ3n) is 8.74. The highest BCUT2D eigenvalue weighted by Gasteiger charge is 2.76. The quantitative estimate of drug-likeness (QED) is 0.163. The lowest BCUT2D eigenvalue weighted by atomic mass is 9.75. The first-order valence-corrected chi connectivity index (χ1v) is 13.8. The SMILES string of the molecule is C/C=C(/C)C(O)O[C@H]1C(C)=C2[C@H]([C@@H]1OC(C)=O)[C@@](C)(OC(C)=O)C[C@H](OC(=O)[C@@H](C)CC)[C@@]1(O)[C@H]2OC(=O)[C@@]1(C)O. The fourth-order valence-corrected chi connectivity index (χ4v) is 6.10. The van der Waals surface area contributed by atoms with Crippen LogP contribution in [0.25, 0.3) is 0 Å². The first-order valence-electron chi connectivity index (χ1n) is 13.8. The number of fused-ring (bicyclic) bond motifs is 3. The smallest absolute Gasteiger partial charge is 0.341 e. The Morgan fingerprint density at radius 3 is 2.24 bits per heavy atom. The van der Waals surface area contributed by atoms with Gasteiger partial charge >= 0.3 is 23.9 Å². The number of carbonyl (C=O) groups excluding carboxylic acids is 4. The topological polar surface area (TPSA) is 175 Å². The Morgan fingerprint density at radius 1 is 1.12 bits per heavy atom. The van der Waals surface area contributed by atoms with Gasteiger partial charge in [-0.2, -0.15) is 0 Å². The standard InChI is InChI=1S/C29H42O12/c1-10-13(3)24(32)38-18-12-27(8,41-17(7)31)20-19(23-29(18,36)28(9,35)26(34)40-23)15(5)21(22(20)37-16(6)30)39-25(33)14(4)11-2/h11,13,18,20-23,25,33,35-36H,10,12H2,1-9H3/b14-11-/t13-,18-,20+,21-,22-,23-,25?,27-,28+,29+/m0/s1. The van der Waals surface area contributed by atoms with E-state index in [2.05, 4.69) is 0 Å². The molecule has 3 rings (SSSR count). The summed E-state index contributed by atoms with van der Waals surface area (Å²) in [6.07, 6.45) is -5.36. The molecule has 3 aliphatic rings. The molecule has 0 amide bonds. The summed E-state index contributed by atoms with van der Waals surface area (Å²) < 4.78 is 28.9. The van der Waals surface area contributed by atoms with Gasteiger partial charge in [0.15, 0.2) is 23.6 Å². The molecule has 1 aliphatic heterocycles. The predicted octanol–water partition coefficient (Wildman–Crippen LogP) is 1.63. The Labute approximate surface area is 239 Å². The molecule has 0 radical (unpaired) electrons. The third kappa shape index (κ3) is 5.42. The summed E-state index contributed by atoms with van der Waals surface area (Å²) in [7, 11) is 0. The van der Waals surface area contributed by atoms with Crippen LogP contribution in [0.15, 0.2) is 22.8 Å². The van der Waals surface area contributed by atoms with Crippen molar-refractivity contribution in [3.8, 4) is 0 Å². The Balaban J connectivity index is 2.34. The highest BCUT2D eigenvalue weighted by atomic mass is 16.6. The number of rotatable bonds is 8. The van der Waals surface area contributed by atoms with Crippen molar-refractivity contribution in [3.63, 3.8) is 0 Å². The van der Waals surface area contributed by atoms with Gasteiger partial charge in [-0.15, -0.1) is 0 Å². The first kappa shape index (κ1) is 32.7. The second-order valence-electron chi connectivity index (χ2n) is 11.7. The monoisotopic (exact) mass is 582 g/mol. The molecule has 0 aromatic heterocycles. The molecule has 0 bridgehead atoms. The minimum Gasteiger partial charge on any atom is -0.459 e. The minimum absolute atomic E-state index is 0.158. The van der Waals surface area contributed by atoms with Gasteiger partial charge in [-0.3, -0.25) is 14.4 Å². The maximum absolute atomic E-state index is 13.0. The average Bonchev–Trinajstić information content (AvgIpc) is 3.20. The van der Waals surface area contributed by atoms with Crippen molar-refractivity contribution in [2.75, 3.05) is 0 Å². The van der Waals surface area contributed by atoms with Gasteiger partial charge in [-0.25, -0.2) is 4.79 Å². The van der Waals surface area contributed by atoms with Crippen molar-refractivity contribution >= 4 is 23.9 Å². The zero-order valence-corrected chi connectivity index (χ0v) is 25.0. The van der Waals surface area contributed by atoms with Crippen molar-refractivity contribution in [1.82, 2.24) is 0 Å². The van der Waals surface area contributed by atoms with Gasteiger partial charge in [0.05, 0.1) is 11.8 Å². The lowest BCUT2D eigenvalue weighted by Gasteiger charge is -2.42. The van der Waals surface area contributed by atoms with E-state index < -0.39 is 89.6 Å². The molecule has 1 unspecified atom stereocenters.